The lowest BCUT2D eigenvalue weighted by atomic mass is 10.0. The molecule has 2 amide bonds. The Morgan fingerprint density at radius 3 is 2.20 bits per heavy atom. The minimum atomic E-state index is -0.978. The van der Waals surface area contributed by atoms with E-state index in [1.807, 2.05) is 91.0 Å². The molecule has 2 atom stereocenters. The molecule has 4 aromatic rings. The molecule has 2 aliphatic heterocycles. The summed E-state index contributed by atoms with van der Waals surface area (Å²) >= 11 is 8.75. The van der Waals surface area contributed by atoms with E-state index in [0.29, 0.717) is 27.7 Å². The van der Waals surface area contributed by atoms with Crippen molar-refractivity contribution in [1.82, 2.24) is 15.2 Å². The van der Waals surface area contributed by atoms with Crippen molar-refractivity contribution in [3.63, 3.8) is 0 Å². The molecule has 0 aliphatic carbocycles. The number of thioether (sulfide) groups is 1. The Morgan fingerprint density at radius 2 is 1.59 bits per heavy atom. The largest absolute Gasteiger partial charge is 0.481 e. The molecule has 1 aromatic heterocycles. The fourth-order valence-electron chi connectivity index (χ4n) is 5.21. The van der Waals surface area contributed by atoms with Crippen LogP contribution in [0, 0.1) is 0 Å². The topological polar surface area (TPSA) is 109 Å². The quantitative estimate of drug-likeness (QED) is 0.179. The van der Waals surface area contributed by atoms with Crippen LogP contribution in [-0.4, -0.2) is 55.0 Å². The molecule has 0 radical (unpaired) electrons. The third-order valence-electron chi connectivity index (χ3n) is 7.26. The van der Waals surface area contributed by atoms with Crippen LogP contribution >= 0.6 is 35.3 Å². The normalized spacial score (nSPS) is 17.6. The summed E-state index contributed by atoms with van der Waals surface area (Å²) in [5.41, 5.74) is 4.19. The predicted molar refractivity (Wildman–Crippen MR) is 174 cm³/mol. The summed E-state index contributed by atoms with van der Waals surface area (Å²) in [5.74, 6) is -1.06. The third-order valence-corrected chi connectivity index (χ3v) is 9.78. The summed E-state index contributed by atoms with van der Waals surface area (Å²) in [5, 5.41) is 14.2. The second-order valence-corrected chi connectivity index (χ2v) is 12.6. The van der Waals surface area contributed by atoms with Crippen LogP contribution in [0.2, 0.25) is 0 Å². The number of carbonyl (C=O) groups excluding carboxylic acids is 2. The van der Waals surface area contributed by atoms with Gasteiger partial charge in [-0.3, -0.25) is 19.3 Å². The molecular weight excluding hydrogens is 615 g/mol. The number of ether oxygens (including phenoxy) is 1. The maximum atomic E-state index is 13.7. The number of hydrogen-bond acceptors (Lipinski definition) is 8. The van der Waals surface area contributed by atoms with Crippen LogP contribution in [0.15, 0.2) is 102 Å². The highest BCUT2D eigenvalue weighted by atomic mass is 32.2. The summed E-state index contributed by atoms with van der Waals surface area (Å²) in [4.78, 5) is 44.1. The molecule has 1 fully saturated rings. The first kappa shape index (κ1) is 29.7. The number of aliphatic carboxylic acids is 1. The number of thiazole rings is 1. The molecule has 11 heteroatoms. The lowest BCUT2D eigenvalue weighted by molar-refractivity contribution is -0.145. The molecule has 6 rings (SSSR count). The van der Waals surface area contributed by atoms with E-state index in [2.05, 4.69) is 10.3 Å². The van der Waals surface area contributed by atoms with Gasteiger partial charge in [-0.25, -0.2) is 4.98 Å². The number of hydrogen-bond donors (Lipinski definition) is 2. The van der Waals surface area contributed by atoms with E-state index in [1.165, 1.54) is 23.1 Å². The van der Waals surface area contributed by atoms with Gasteiger partial charge in [0.15, 0.2) is 0 Å². The Labute approximate surface area is 267 Å². The number of carboxylic acid groups (broad SMARTS) is 1. The van der Waals surface area contributed by atoms with Gasteiger partial charge in [-0.1, -0.05) is 91.0 Å². The smallest absolute Gasteiger partial charge is 0.309 e. The Hall–Kier alpha value is -4.32. The predicted octanol–water partition coefficient (Wildman–Crippen LogP) is 5.26. The van der Waals surface area contributed by atoms with Crippen LogP contribution in [0.1, 0.15) is 33.5 Å². The zero-order valence-corrected chi connectivity index (χ0v) is 25.7. The van der Waals surface area contributed by atoms with Gasteiger partial charge in [0, 0.05) is 16.7 Å². The zero-order valence-electron chi connectivity index (χ0n) is 23.3. The van der Waals surface area contributed by atoms with Crippen molar-refractivity contribution in [1.29, 1.82) is 0 Å². The molecule has 222 valence electrons. The van der Waals surface area contributed by atoms with Gasteiger partial charge in [0.1, 0.15) is 28.2 Å². The Kier molecular flexibility index (Phi) is 8.87. The van der Waals surface area contributed by atoms with Gasteiger partial charge in [-0.2, -0.15) is 0 Å². The summed E-state index contributed by atoms with van der Waals surface area (Å²) in [7, 11) is 0. The monoisotopic (exact) mass is 641 g/mol. The summed E-state index contributed by atoms with van der Waals surface area (Å²) in [6.07, 6.45) is -0.583. The number of nitrogens with zero attached hydrogens (tertiary/aromatic N) is 2. The van der Waals surface area contributed by atoms with E-state index in [9.17, 15) is 19.5 Å². The van der Waals surface area contributed by atoms with Crippen LogP contribution < -0.4 is 5.32 Å². The number of aromatic nitrogens is 1. The minimum Gasteiger partial charge on any atom is -0.481 e. The maximum absolute atomic E-state index is 13.7. The van der Waals surface area contributed by atoms with Crippen LogP contribution in [0.3, 0.4) is 0 Å². The number of benzene rings is 3. The van der Waals surface area contributed by atoms with Gasteiger partial charge in [0.25, 0.3) is 5.91 Å². The van der Waals surface area contributed by atoms with E-state index in [4.69, 9.17) is 17.0 Å². The van der Waals surface area contributed by atoms with Crippen molar-refractivity contribution in [2.45, 2.75) is 30.4 Å². The molecule has 2 N–H and O–H groups in total. The highest BCUT2D eigenvalue weighted by Crippen LogP contribution is 2.45. The second-order valence-electron chi connectivity index (χ2n) is 10.3. The molecule has 2 aliphatic rings. The van der Waals surface area contributed by atoms with E-state index >= 15 is 0 Å². The van der Waals surface area contributed by atoms with Gasteiger partial charge in [0.2, 0.25) is 11.0 Å². The first-order chi connectivity index (χ1) is 21.4. The van der Waals surface area contributed by atoms with Crippen molar-refractivity contribution >= 4 is 63.7 Å². The molecule has 8 nitrogen and oxygen atoms in total. The van der Waals surface area contributed by atoms with E-state index in [1.54, 1.807) is 10.3 Å². The number of carboxylic acids is 1. The molecule has 0 spiro atoms. The highest BCUT2D eigenvalue weighted by molar-refractivity contribution is 8.00. The number of carbonyl (C=O) groups is 3. The molecule has 3 heterocycles. The third kappa shape index (κ3) is 6.30. The lowest BCUT2D eigenvalue weighted by Crippen LogP contribution is -2.70. The van der Waals surface area contributed by atoms with Crippen molar-refractivity contribution in [3.05, 3.63) is 129 Å². The van der Waals surface area contributed by atoms with E-state index in [0.717, 1.165) is 16.7 Å². The van der Waals surface area contributed by atoms with Crippen molar-refractivity contribution < 1.29 is 24.2 Å². The van der Waals surface area contributed by atoms with Crippen molar-refractivity contribution in [2.24, 2.45) is 0 Å². The standard InChI is InChI=1S/C33H27N3O5S3/c37-25(16-20-10-4-1-5-11-20)35-27-31(40)36-28(24(19-44-32(27)36)30-34-23(18-43-30)17-26(38)39)33(42)41-29(21-12-6-2-7-13-21)22-14-8-3-9-15-22/h1-15,18,27,29,32H,16-17,19H2,(H,35,37)(H,38,39)/t27-,32-/m1/s1. The molecule has 0 unspecified atom stereocenters. The van der Waals surface area contributed by atoms with E-state index < -0.39 is 18.1 Å². The second kappa shape index (κ2) is 13.1. The van der Waals surface area contributed by atoms with Crippen LogP contribution in [0.5, 0.6) is 0 Å². The van der Waals surface area contributed by atoms with Gasteiger partial charge in [-0.05, 0) is 28.9 Å². The zero-order chi connectivity index (χ0) is 30.6. The molecule has 1 saturated heterocycles. The Morgan fingerprint density at radius 1 is 0.977 bits per heavy atom. The molecule has 0 saturated carbocycles. The first-order valence-corrected chi connectivity index (χ1v) is 16.2. The molecular formula is C33H27N3O5S3. The maximum Gasteiger partial charge on any atom is 0.309 e. The van der Waals surface area contributed by atoms with Crippen molar-refractivity contribution in [2.75, 3.05) is 5.75 Å². The number of amides is 2. The average Bonchev–Trinajstić information content (AvgIpc) is 3.50. The Bertz CT molecular complexity index is 1690. The number of thiocarbonyl (C=S) groups is 1. The van der Waals surface area contributed by atoms with E-state index in [-0.39, 0.29) is 35.1 Å². The summed E-state index contributed by atoms with van der Waals surface area (Å²) in [6, 6.07) is 28.1. The average molecular weight is 642 g/mol. The first-order valence-electron chi connectivity index (χ1n) is 13.9. The van der Waals surface area contributed by atoms with Crippen LogP contribution in [-0.2, 0) is 32.0 Å². The highest BCUT2D eigenvalue weighted by Gasteiger charge is 2.54. The number of β-lactam (4-membered cyclic amide) rings is 1. The minimum absolute atomic E-state index is 0.125. The van der Waals surface area contributed by atoms with Gasteiger partial charge in [0.05, 0.1) is 18.5 Å². The fraction of sp³-hybridized carbons (Fsp3) is 0.182. The number of fused-ring (bicyclic) bond motifs is 1. The SMILES string of the molecule is O=C(O)Cc1csc(C2=C(C(=S)OC(c3ccccc3)c3ccccc3)N3C(=O)[C@@H](NC(=O)Cc4ccccc4)[C@H]3SC2)n1. The van der Waals surface area contributed by atoms with Gasteiger partial charge in [-0.15, -0.1) is 23.1 Å². The number of rotatable bonds is 10. The van der Waals surface area contributed by atoms with Crippen LogP contribution in [0.4, 0.5) is 0 Å². The fourth-order valence-corrected chi connectivity index (χ4v) is 7.83. The number of nitrogens with one attached hydrogen (secondary N) is 1. The molecule has 44 heavy (non-hydrogen) atoms. The van der Waals surface area contributed by atoms with Crippen LogP contribution in [0.25, 0.3) is 5.57 Å². The van der Waals surface area contributed by atoms with Gasteiger partial charge >= 0.3 is 5.97 Å². The summed E-state index contributed by atoms with van der Waals surface area (Å²) < 4.78 is 6.55. The Balaban J connectivity index is 1.32. The lowest BCUT2D eigenvalue weighted by Gasteiger charge is -2.50. The molecule has 0 bridgehead atoms. The summed E-state index contributed by atoms with van der Waals surface area (Å²) in [6.45, 7) is 0. The van der Waals surface area contributed by atoms with Crippen molar-refractivity contribution in [3.8, 4) is 0 Å². The molecule has 3 aromatic carbocycles. The van der Waals surface area contributed by atoms with Gasteiger partial charge < -0.3 is 15.2 Å².